The maximum absolute atomic E-state index is 14.5. The van der Waals surface area contributed by atoms with E-state index in [0.29, 0.717) is 43.9 Å². The van der Waals surface area contributed by atoms with E-state index >= 15 is 0 Å². The fourth-order valence-corrected chi connectivity index (χ4v) is 6.03. The molecule has 49 heavy (non-hydrogen) atoms. The van der Waals surface area contributed by atoms with Crippen LogP contribution in [0.1, 0.15) is 26.6 Å². The van der Waals surface area contributed by atoms with Crippen LogP contribution in [-0.2, 0) is 22.6 Å². The van der Waals surface area contributed by atoms with E-state index in [1.54, 1.807) is 42.5 Å². The normalized spacial score (nSPS) is 15.4. The SMILES string of the molecule is C#CCN1C(=O)COc2cc(F)c(N=c3snc4n3CC(C)(C)C4)cc21.CC(Oc1ccc(Oc2nc3ccc(Cl)cc3o2)cc1)C(=O)O. The molecular formula is C34H29ClFN5O7S. The van der Waals surface area contributed by atoms with Crippen molar-refractivity contribution in [2.24, 2.45) is 10.4 Å². The van der Waals surface area contributed by atoms with Gasteiger partial charge in [-0.25, -0.2) is 14.2 Å². The second-order valence-corrected chi connectivity index (χ2v) is 13.1. The minimum Gasteiger partial charge on any atom is -0.481 e. The first kappa shape index (κ1) is 33.5. The first-order valence-electron chi connectivity index (χ1n) is 14.9. The van der Waals surface area contributed by atoms with Gasteiger partial charge in [0.2, 0.25) is 4.80 Å². The molecule has 252 valence electrons. The average molecular weight is 706 g/mol. The van der Waals surface area contributed by atoms with Crippen LogP contribution in [0.2, 0.25) is 5.02 Å². The fraction of sp³-hybridized carbons (Fsp3) is 0.265. The third-order valence-electron chi connectivity index (χ3n) is 7.46. The maximum Gasteiger partial charge on any atom is 0.400 e. The molecule has 1 atom stereocenters. The number of halogens is 2. The number of ether oxygens (including phenoxy) is 3. The van der Waals surface area contributed by atoms with E-state index in [2.05, 4.69) is 34.1 Å². The first-order chi connectivity index (χ1) is 23.4. The van der Waals surface area contributed by atoms with Gasteiger partial charge in [0.15, 0.2) is 24.1 Å². The van der Waals surface area contributed by atoms with Crippen molar-refractivity contribution in [2.75, 3.05) is 18.1 Å². The number of carbonyl (C=O) groups is 2. The third-order valence-corrected chi connectivity index (χ3v) is 8.47. The lowest BCUT2D eigenvalue weighted by Gasteiger charge is -2.28. The van der Waals surface area contributed by atoms with Gasteiger partial charge in [0.05, 0.1) is 12.2 Å². The minimum absolute atomic E-state index is 0.0924. The number of nitrogens with zero attached hydrogens (tertiary/aromatic N) is 5. The molecule has 15 heteroatoms. The molecule has 2 aliphatic heterocycles. The van der Waals surface area contributed by atoms with Gasteiger partial charge in [0, 0.05) is 41.7 Å². The molecule has 0 saturated heterocycles. The molecule has 2 aromatic heterocycles. The van der Waals surface area contributed by atoms with Crippen molar-refractivity contribution >= 4 is 57.5 Å². The van der Waals surface area contributed by atoms with E-state index < -0.39 is 17.9 Å². The van der Waals surface area contributed by atoms with Gasteiger partial charge in [-0.2, -0.15) is 9.36 Å². The van der Waals surface area contributed by atoms with Gasteiger partial charge >= 0.3 is 12.0 Å². The van der Waals surface area contributed by atoms with Gasteiger partial charge < -0.3 is 28.3 Å². The number of fused-ring (bicyclic) bond motifs is 3. The molecule has 0 spiro atoms. The van der Waals surface area contributed by atoms with Crippen molar-refractivity contribution in [1.82, 2.24) is 13.9 Å². The van der Waals surface area contributed by atoms with Crippen molar-refractivity contribution in [2.45, 2.75) is 39.8 Å². The molecule has 7 rings (SSSR count). The summed E-state index contributed by atoms with van der Waals surface area (Å²) in [6, 6.07) is 14.3. The summed E-state index contributed by atoms with van der Waals surface area (Å²) in [5.74, 6) is 2.80. The Hall–Kier alpha value is -5.39. The second-order valence-electron chi connectivity index (χ2n) is 11.9. The number of oxazole rings is 1. The van der Waals surface area contributed by atoms with E-state index in [1.165, 1.54) is 35.5 Å². The molecule has 4 heterocycles. The number of hydrogen-bond donors (Lipinski definition) is 1. The quantitative estimate of drug-likeness (QED) is 0.191. The molecule has 12 nitrogen and oxygen atoms in total. The fourth-order valence-electron chi connectivity index (χ4n) is 5.11. The van der Waals surface area contributed by atoms with Gasteiger partial charge in [-0.3, -0.25) is 9.69 Å². The van der Waals surface area contributed by atoms with Crippen LogP contribution < -0.4 is 23.9 Å². The minimum atomic E-state index is -1.03. The summed E-state index contributed by atoms with van der Waals surface area (Å²) in [5, 5.41) is 9.35. The number of carboxylic acids is 1. The number of benzene rings is 3. The van der Waals surface area contributed by atoms with Gasteiger partial charge in [0.25, 0.3) is 5.91 Å². The molecule has 0 saturated carbocycles. The molecule has 3 aromatic carbocycles. The summed E-state index contributed by atoms with van der Waals surface area (Å²) in [7, 11) is 0. The van der Waals surface area contributed by atoms with Crippen LogP contribution in [0.3, 0.4) is 0 Å². The number of terminal acetylenes is 1. The van der Waals surface area contributed by atoms with Crippen molar-refractivity contribution in [1.29, 1.82) is 0 Å². The summed E-state index contributed by atoms with van der Waals surface area (Å²) < 4.78 is 42.5. The van der Waals surface area contributed by atoms with Crippen molar-refractivity contribution in [3.63, 3.8) is 0 Å². The van der Waals surface area contributed by atoms with Crippen LogP contribution in [0.5, 0.6) is 23.3 Å². The average Bonchev–Trinajstić information content (AvgIpc) is 3.71. The Morgan fingerprint density at radius 3 is 2.71 bits per heavy atom. The van der Waals surface area contributed by atoms with Gasteiger partial charge in [-0.05, 0) is 54.8 Å². The number of amides is 1. The van der Waals surface area contributed by atoms with Gasteiger partial charge in [-0.1, -0.05) is 31.4 Å². The van der Waals surface area contributed by atoms with Crippen LogP contribution in [0.25, 0.3) is 11.1 Å². The summed E-state index contributed by atoms with van der Waals surface area (Å²) >= 11 is 7.13. The predicted octanol–water partition coefficient (Wildman–Crippen LogP) is 6.38. The zero-order valence-electron chi connectivity index (χ0n) is 26.5. The molecule has 0 fully saturated rings. The summed E-state index contributed by atoms with van der Waals surface area (Å²) in [6.45, 7) is 6.51. The molecule has 1 amide bonds. The Bertz CT molecular complexity index is 2170. The third kappa shape index (κ3) is 7.53. The van der Waals surface area contributed by atoms with Crippen LogP contribution in [-0.4, -0.2) is 50.2 Å². The Morgan fingerprint density at radius 2 is 1.98 bits per heavy atom. The summed E-state index contributed by atoms with van der Waals surface area (Å²) in [6.07, 6.45) is 5.38. The lowest BCUT2D eigenvalue weighted by Crippen LogP contribution is -2.39. The molecule has 2 aliphatic rings. The Morgan fingerprint density at radius 1 is 1.22 bits per heavy atom. The molecule has 1 N–H and O–H groups in total. The molecule has 5 aromatic rings. The standard InChI is InChI=1S/C18H17FN4O2S.C16H12ClNO5/c1-4-5-22-13-7-12(11(19)6-14(13)25-9-16(22)24)20-17-23-10-18(2,3)8-15(23)21-26-17;1-9(15(19)20)21-11-3-5-12(6-4-11)22-16-18-13-7-2-10(17)8-14(13)23-16/h1,6-7H,5,8-10H2,2-3H3;2-9H,1H3,(H,19,20). The van der Waals surface area contributed by atoms with Crippen molar-refractivity contribution in [3.8, 4) is 35.7 Å². The number of aromatic nitrogens is 3. The Kier molecular flexibility index (Phi) is 9.31. The zero-order chi connectivity index (χ0) is 34.9. The zero-order valence-corrected chi connectivity index (χ0v) is 28.0. The lowest BCUT2D eigenvalue weighted by molar-refractivity contribution is -0.144. The summed E-state index contributed by atoms with van der Waals surface area (Å²) in [4.78, 5) is 33.5. The van der Waals surface area contributed by atoms with E-state index in [0.717, 1.165) is 18.8 Å². The van der Waals surface area contributed by atoms with Crippen LogP contribution in [0.15, 0.2) is 64.0 Å². The number of aliphatic carboxylic acids is 1. The number of anilines is 1. The Labute approximate surface area is 288 Å². The number of rotatable bonds is 7. The number of carboxylic acid groups (broad SMARTS) is 1. The topological polar surface area (TPSA) is 142 Å². The van der Waals surface area contributed by atoms with Gasteiger partial charge in [0.1, 0.15) is 34.3 Å². The Balaban J connectivity index is 0.000000171. The van der Waals surface area contributed by atoms with E-state index in [9.17, 15) is 14.0 Å². The number of hydrogen-bond acceptors (Lipinski definition) is 10. The highest BCUT2D eigenvalue weighted by atomic mass is 35.5. The molecule has 0 bridgehead atoms. The van der Waals surface area contributed by atoms with Crippen LogP contribution in [0, 0.1) is 23.6 Å². The second kappa shape index (κ2) is 13.6. The van der Waals surface area contributed by atoms with Gasteiger partial charge in [-0.15, -0.1) is 6.42 Å². The van der Waals surface area contributed by atoms with E-state index in [4.69, 9.17) is 41.8 Å². The molecule has 0 aliphatic carbocycles. The highest BCUT2D eigenvalue weighted by molar-refractivity contribution is 7.02. The van der Waals surface area contributed by atoms with E-state index in [1.807, 2.05) is 4.57 Å². The van der Waals surface area contributed by atoms with Crippen molar-refractivity contribution < 1.29 is 37.7 Å². The largest absolute Gasteiger partial charge is 0.481 e. The lowest BCUT2D eigenvalue weighted by atomic mass is 9.92. The highest BCUT2D eigenvalue weighted by Crippen LogP contribution is 2.37. The summed E-state index contributed by atoms with van der Waals surface area (Å²) in [5.41, 5.74) is 1.85. The first-order valence-corrected chi connectivity index (χ1v) is 16.1. The predicted molar refractivity (Wildman–Crippen MR) is 179 cm³/mol. The monoisotopic (exact) mass is 705 g/mol. The molecule has 1 unspecified atom stereocenters. The molecule has 0 radical (unpaired) electrons. The van der Waals surface area contributed by atoms with Crippen molar-refractivity contribution in [3.05, 3.63) is 76.1 Å². The van der Waals surface area contributed by atoms with Crippen LogP contribution in [0.4, 0.5) is 15.8 Å². The number of carbonyl (C=O) groups excluding carboxylic acids is 1. The molecular weight excluding hydrogens is 677 g/mol. The highest BCUT2D eigenvalue weighted by Gasteiger charge is 2.31. The smallest absolute Gasteiger partial charge is 0.400 e. The maximum atomic E-state index is 14.5. The van der Waals surface area contributed by atoms with E-state index in [-0.39, 0.29) is 36.2 Å². The van der Waals surface area contributed by atoms with Crippen LogP contribution >= 0.6 is 23.1 Å².